The van der Waals surface area contributed by atoms with Gasteiger partial charge in [0.2, 0.25) is 11.8 Å². The lowest BCUT2D eigenvalue weighted by Gasteiger charge is -2.23. The second-order valence-electron chi connectivity index (χ2n) is 6.72. The van der Waals surface area contributed by atoms with Crippen molar-refractivity contribution in [1.29, 1.82) is 0 Å². The van der Waals surface area contributed by atoms with E-state index in [9.17, 15) is 4.79 Å². The van der Waals surface area contributed by atoms with Crippen molar-refractivity contribution in [1.82, 2.24) is 20.3 Å². The van der Waals surface area contributed by atoms with Gasteiger partial charge in [0.15, 0.2) is 10.8 Å². The van der Waals surface area contributed by atoms with Crippen LogP contribution in [-0.2, 0) is 16.1 Å². The second-order valence-corrected chi connectivity index (χ2v) is 7.70. The van der Waals surface area contributed by atoms with Crippen LogP contribution in [0, 0.1) is 0 Å². The van der Waals surface area contributed by atoms with E-state index in [-0.39, 0.29) is 11.9 Å². The summed E-state index contributed by atoms with van der Waals surface area (Å²) < 4.78 is 11.5. The van der Waals surface area contributed by atoms with Gasteiger partial charge in [0.05, 0.1) is 6.61 Å². The van der Waals surface area contributed by atoms with Gasteiger partial charge in [-0.2, -0.15) is 4.98 Å². The molecule has 0 radical (unpaired) electrons. The second kappa shape index (κ2) is 9.15. The van der Waals surface area contributed by atoms with Crippen LogP contribution in [0.3, 0.4) is 0 Å². The van der Waals surface area contributed by atoms with Crippen molar-refractivity contribution in [2.75, 3.05) is 31.8 Å². The summed E-state index contributed by atoms with van der Waals surface area (Å²) in [6.07, 6.45) is 3.20. The molecular formula is C20H23N5O3S. The molecule has 1 amide bonds. The molecule has 152 valence electrons. The standard InChI is InChI=1S/C20H23N5O3S/c1-27-10-11-28-19-16-17(22-13-23-19)24-20(29-16)25-9-5-8-15(25)18(26)21-12-14-6-3-2-4-7-14/h2-4,6-7,13,15H,5,8-12H2,1H3,(H,21,26)/t15-/m1/s1. The van der Waals surface area contributed by atoms with Crippen molar-refractivity contribution >= 4 is 32.7 Å². The van der Waals surface area contributed by atoms with Crippen molar-refractivity contribution in [3.63, 3.8) is 0 Å². The molecule has 4 rings (SSSR count). The minimum Gasteiger partial charge on any atom is -0.474 e. The number of hydrogen-bond acceptors (Lipinski definition) is 8. The molecular weight excluding hydrogens is 390 g/mol. The van der Waals surface area contributed by atoms with Crippen molar-refractivity contribution < 1.29 is 14.3 Å². The molecule has 0 spiro atoms. The van der Waals surface area contributed by atoms with E-state index in [1.807, 2.05) is 30.3 Å². The average Bonchev–Trinajstić information content (AvgIpc) is 3.40. The number of carbonyl (C=O) groups excluding carboxylic acids is 1. The molecule has 1 saturated heterocycles. The maximum absolute atomic E-state index is 12.8. The minimum atomic E-state index is -0.231. The van der Waals surface area contributed by atoms with Gasteiger partial charge in [-0.25, -0.2) is 9.97 Å². The predicted octanol–water partition coefficient (Wildman–Crippen LogP) is 2.40. The largest absolute Gasteiger partial charge is 0.474 e. The number of aromatic nitrogens is 3. The maximum Gasteiger partial charge on any atom is 0.243 e. The van der Waals surface area contributed by atoms with Crippen molar-refractivity contribution in [2.24, 2.45) is 0 Å². The third kappa shape index (κ3) is 4.46. The molecule has 1 aliphatic heterocycles. The molecule has 8 nitrogen and oxygen atoms in total. The van der Waals surface area contributed by atoms with Crippen molar-refractivity contribution in [3.05, 3.63) is 42.2 Å². The van der Waals surface area contributed by atoms with Crippen LogP contribution in [0.25, 0.3) is 10.3 Å². The number of benzene rings is 1. The van der Waals surface area contributed by atoms with E-state index in [0.29, 0.717) is 31.3 Å². The van der Waals surface area contributed by atoms with Crippen LogP contribution in [0.4, 0.5) is 5.13 Å². The van der Waals surface area contributed by atoms with Crippen LogP contribution in [0.5, 0.6) is 5.88 Å². The molecule has 3 aromatic rings. The SMILES string of the molecule is COCCOc1ncnc2nc(N3CCC[C@@H]3C(=O)NCc3ccccc3)sc12. The molecule has 1 N–H and O–H groups in total. The molecule has 1 fully saturated rings. The lowest BCUT2D eigenvalue weighted by Crippen LogP contribution is -2.43. The summed E-state index contributed by atoms with van der Waals surface area (Å²) in [5.74, 6) is 0.522. The summed E-state index contributed by atoms with van der Waals surface area (Å²) in [5, 5.41) is 3.82. The molecule has 9 heteroatoms. The molecule has 0 bridgehead atoms. The first kappa shape index (κ1) is 19.5. The fourth-order valence-electron chi connectivity index (χ4n) is 3.34. The Morgan fingerprint density at radius 2 is 2.14 bits per heavy atom. The number of ether oxygens (including phenoxy) is 2. The molecule has 1 aromatic carbocycles. The number of nitrogens with one attached hydrogen (secondary N) is 1. The first-order chi connectivity index (χ1) is 14.3. The van der Waals surface area contributed by atoms with E-state index in [2.05, 4.69) is 25.2 Å². The Bertz CT molecular complexity index is 965. The Morgan fingerprint density at radius 3 is 2.97 bits per heavy atom. The number of thiazole rings is 1. The highest BCUT2D eigenvalue weighted by Gasteiger charge is 2.33. The maximum atomic E-state index is 12.8. The number of anilines is 1. The lowest BCUT2D eigenvalue weighted by atomic mass is 10.2. The molecule has 1 aliphatic rings. The highest BCUT2D eigenvalue weighted by atomic mass is 32.1. The summed E-state index contributed by atoms with van der Waals surface area (Å²) in [5.41, 5.74) is 1.67. The van der Waals surface area contributed by atoms with Gasteiger partial charge in [0, 0.05) is 20.2 Å². The van der Waals surface area contributed by atoms with Gasteiger partial charge in [0.1, 0.15) is 23.7 Å². The van der Waals surface area contributed by atoms with E-state index >= 15 is 0 Å². The summed E-state index contributed by atoms with van der Waals surface area (Å²) >= 11 is 1.46. The van der Waals surface area contributed by atoms with Crippen LogP contribution in [0.1, 0.15) is 18.4 Å². The van der Waals surface area contributed by atoms with Crippen LogP contribution in [-0.4, -0.2) is 53.8 Å². The number of methoxy groups -OCH3 is 1. The normalized spacial score (nSPS) is 16.3. The van der Waals surface area contributed by atoms with Gasteiger partial charge in [0.25, 0.3) is 0 Å². The van der Waals surface area contributed by atoms with Gasteiger partial charge in [-0.3, -0.25) is 4.79 Å². The van der Waals surface area contributed by atoms with E-state index in [1.54, 1.807) is 7.11 Å². The van der Waals surface area contributed by atoms with Crippen molar-refractivity contribution in [2.45, 2.75) is 25.4 Å². The van der Waals surface area contributed by atoms with Gasteiger partial charge >= 0.3 is 0 Å². The third-order valence-electron chi connectivity index (χ3n) is 4.78. The number of amides is 1. The van der Waals surface area contributed by atoms with Gasteiger partial charge in [-0.15, -0.1) is 0 Å². The summed E-state index contributed by atoms with van der Waals surface area (Å²) in [6.45, 7) is 2.19. The first-order valence-corrected chi connectivity index (χ1v) is 10.4. The van der Waals surface area contributed by atoms with Crippen LogP contribution in [0.15, 0.2) is 36.7 Å². The van der Waals surface area contributed by atoms with E-state index in [0.717, 1.165) is 34.8 Å². The Hall–Kier alpha value is -2.78. The van der Waals surface area contributed by atoms with Crippen LogP contribution >= 0.6 is 11.3 Å². The number of fused-ring (bicyclic) bond motifs is 1. The van der Waals surface area contributed by atoms with Gasteiger partial charge < -0.3 is 19.7 Å². The van der Waals surface area contributed by atoms with E-state index in [1.165, 1.54) is 17.7 Å². The van der Waals surface area contributed by atoms with Crippen LogP contribution < -0.4 is 15.0 Å². The summed E-state index contributed by atoms with van der Waals surface area (Å²) in [7, 11) is 1.63. The number of hydrogen-bond donors (Lipinski definition) is 1. The lowest BCUT2D eigenvalue weighted by molar-refractivity contribution is -0.122. The van der Waals surface area contributed by atoms with Crippen LogP contribution in [0.2, 0.25) is 0 Å². The topological polar surface area (TPSA) is 89.5 Å². The first-order valence-electron chi connectivity index (χ1n) is 9.58. The van der Waals surface area contributed by atoms with Crippen molar-refractivity contribution in [3.8, 4) is 5.88 Å². The molecule has 1 atom stereocenters. The zero-order valence-electron chi connectivity index (χ0n) is 16.2. The molecule has 29 heavy (non-hydrogen) atoms. The third-order valence-corrected chi connectivity index (χ3v) is 5.85. The number of carbonyl (C=O) groups is 1. The average molecular weight is 414 g/mol. The fourth-order valence-corrected chi connectivity index (χ4v) is 4.38. The molecule has 3 heterocycles. The van der Waals surface area contributed by atoms with E-state index < -0.39 is 0 Å². The Kier molecular flexibility index (Phi) is 6.16. The van der Waals surface area contributed by atoms with E-state index in [4.69, 9.17) is 9.47 Å². The quantitative estimate of drug-likeness (QED) is 0.567. The minimum absolute atomic E-state index is 0.0215. The molecule has 0 saturated carbocycles. The summed E-state index contributed by atoms with van der Waals surface area (Å²) in [6, 6.07) is 9.68. The van der Waals surface area contributed by atoms with Gasteiger partial charge in [-0.1, -0.05) is 41.7 Å². The highest BCUT2D eigenvalue weighted by molar-refractivity contribution is 7.22. The Balaban J connectivity index is 1.48. The summed E-state index contributed by atoms with van der Waals surface area (Å²) in [4.78, 5) is 28.0. The zero-order chi connectivity index (χ0) is 20.1. The fraction of sp³-hybridized carbons (Fsp3) is 0.400. The molecule has 2 aromatic heterocycles. The Morgan fingerprint density at radius 1 is 1.28 bits per heavy atom. The monoisotopic (exact) mass is 413 g/mol. The number of rotatable bonds is 8. The predicted molar refractivity (Wildman–Crippen MR) is 111 cm³/mol. The number of nitrogens with zero attached hydrogens (tertiary/aromatic N) is 4. The Labute approximate surface area is 172 Å². The molecule has 0 aliphatic carbocycles. The smallest absolute Gasteiger partial charge is 0.243 e. The zero-order valence-corrected chi connectivity index (χ0v) is 17.0. The highest BCUT2D eigenvalue weighted by Crippen LogP contribution is 2.36. The molecule has 0 unspecified atom stereocenters. The van der Waals surface area contributed by atoms with Gasteiger partial charge in [-0.05, 0) is 18.4 Å².